The van der Waals surface area contributed by atoms with Crippen molar-refractivity contribution in [1.82, 2.24) is 0 Å². The van der Waals surface area contributed by atoms with Crippen molar-refractivity contribution in [3.05, 3.63) is 23.3 Å². The van der Waals surface area contributed by atoms with Crippen LogP contribution in [0.25, 0.3) is 0 Å². The van der Waals surface area contributed by atoms with Gasteiger partial charge in [0.1, 0.15) is 5.78 Å². The van der Waals surface area contributed by atoms with E-state index < -0.39 is 5.97 Å². The SMILES string of the molecule is C/C(=C/CCC(C)C1CCC2(C)C3CCC4C(C)(C)C(=O)CCC4(C)C3=CCC12C)C(=O)O. The maximum Gasteiger partial charge on any atom is 0.330 e. The molecule has 3 nitrogen and oxygen atoms in total. The monoisotopic (exact) mass is 454 g/mol. The van der Waals surface area contributed by atoms with E-state index in [-0.39, 0.29) is 10.8 Å². The van der Waals surface area contributed by atoms with Crippen LogP contribution in [0.3, 0.4) is 0 Å². The van der Waals surface area contributed by atoms with Gasteiger partial charge in [0.15, 0.2) is 0 Å². The number of Topliss-reactive ketones (excluding diaryl/α,β-unsaturated/α-hetero) is 1. The first kappa shape index (κ1) is 24.7. The minimum atomic E-state index is -0.801. The molecule has 0 aromatic carbocycles. The fourth-order valence-electron chi connectivity index (χ4n) is 9.33. The number of allylic oxidation sites excluding steroid dienone is 3. The van der Waals surface area contributed by atoms with Crippen molar-refractivity contribution >= 4 is 11.8 Å². The van der Waals surface area contributed by atoms with E-state index in [0.29, 0.717) is 45.9 Å². The molecule has 3 heteroatoms. The second kappa shape index (κ2) is 8.09. The molecule has 33 heavy (non-hydrogen) atoms. The molecule has 0 radical (unpaired) electrons. The Bertz CT molecular complexity index is 894. The predicted octanol–water partition coefficient (Wildman–Crippen LogP) is 7.61. The summed E-state index contributed by atoms with van der Waals surface area (Å²) in [6, 6.07) is 0. The summed E-state index contributed by atoms with van der Waals surface area (Å²) < 4.78 is 0. The summed E-state index contributed by atoms with van der Waals surface area (Å²) in [4.78, 5) is 23.9. The van der Waals surface area contributed by atoms with Gasteiger partial charge in [-0.3, -0.25) is 4.79 Å². The van der Waals surface area contributed by atoms with Crippen LogP contribution in [0.4, 0.5) is 0 Å². The Morgan fingerprint density at radius 2 is 1.82 bits per heavy atom. The second-order valence-corrected chi connectivity index (χ2v) is 13.3. The van der Waals surface area contributed by atoms with Crippen molar-refractivity contribution in [2.75, 3.05) is 0 Å². The van der Waals surface area contributed by atoms with Gasteiger partial charge in [-0.1, -0.05) is 59.3 Å². The number of carbonyl (C=O) groups is 2. The van der Waals surface area contributed by atoms with Gasteiger partial charge in [0.2, 0.25) is 0 Å². The lowest BCUT2D eigenvalue weighted by atomic mass is 9.41. The molecule has 4 aliphatic carbocycles. The third-order valence-corrected chi connectivity index (χ3v) is 11.7. The van der Waals surface area contributed by atoms with Gasteiger partial charge in [0.25, 0.3) is 0 Å². The lowest BCUT2D eigenvalue weighted by molar-refractivity contribution is -0.142. The summed E-state index contributed by atoms with van der Waals surface area (Å²) in [5.74, 6) is 2.08. The van der Waals surface area contributed by atoms with E-state index in [1.807, 2.05) is 6.08 Å². The zero-order chi connectivity index (χ0) is 24.4. The predicted molar refractivity (Wildman–Crippen MR) is 134 cm³/mol. The maximum atomic E-state index is 12.8. The quantitative estimate of drug-likeness (QED) is 0.343. The molecule has 0 aromatic heterocycles. The topological polar surface area (TPSA) is 54.4 Å². The molecule has 1 N–H and O–H groups in total. The van der Waals surface area contributed by atoms with Gasteiger partial charge in [-0.2, -0.15) is 0 Å². The maximum absolute atomic E-state index is 12.8. The average Bonchev–Trinajstić information content (AvgIpc) is 3.02. The molecule has 3 saturated carbocycles. The van der Waals surface area contributed by atoms with Crippen LogP contribution in [-0.4, -0.2) is 16.9 Å². The van der Waals surface area contributed by atoms with Gasteiger partial charge >= 0.3 is 5.97 Å². The average molecular weight is 455 g/mol. The minimum Gasteiger partial charge on any atom is -0.478 e. The number of ketones is 1. The molecule has 0 heterocycles. The van der Waals surface area contributed by atoms with E-state index in [9.17, 15) is 9.59 Å². The van der Waals surface area contributed by atoms with Crippen LogP contribution < -0.4 is 0 Å². The molecule has 0 bridgehead atoms. The molecular formula is C30H46O3. The van der Waals surface area contributed by atoms with E-state index in [1.165, 1.54) is 25.7 Å². The molecule has 3 fully saturated rings. The first-order valence-corrected chi connectivity index (χ1v) is 13.4. The Hall–Kier alpha value is -1.38. The molecule has 0 spiro atoms. The summed E-state index contributed by atoms with van der Waals surface area (Å²) in [6.45, 7) is 16.2. The molecule has 0 aromatic rings. The van der Waals surface area contributed by atoms with E-state index >= 15 is 0 Å². The van der Waals surface area contributed by atoms with Crippen LogP contribution in [0.2, 0.25) is 0 Å². The molecule has 7 unspecified atom stereocenters. The molecule has 4 aliphatic rings. The van der Waals surface area contributed by atoms with Crippen LogP contribution in [-0.2, 0) is 9.59 Å². The summed E-state index contributed by atoms with van der Waals surface area (Å²) in [6.07, 6.45) is 14.4. The fraction of sp³-hybridized carbons (Fsp3) is 0.800. The van der Waals surface area contributed by atoms with Gasteiger partial charge in [-0.05, 0) is 98.2 Å². The standard InChI is InChI=1S/C30H46O3/c1-19(9-8-10-20(2)26(32)33)21-13-17-30(7)23-11-12-24-27(3,4)25(31)15-16-28(24,5)22(23)14-18-29(21,30)6/h10,14,19,21,23-24H,8-9,11-13,15-18H2,1-7H3,(H,32,33)/b20-10-. The van der Waals surface area contributed by atoms with Crippen LogP contribution >= 0.6 is 0 Å². The number of aliphatic carboxylic acids is 1. The van der Waals surface area contributed by atoms with Crippen LogP contribution in [0, 0.1) is 45.3 Å². The fourth-order valence-corrected chi connectivity index (χ4v) is 9.33. The Labute approximate surface area is 201 Å². The molecule has 0 amide bonds. The van der Waals surface area contributed by atoms with Crippen LogP contribution in [0.5, 0.6) is 0 Å². The van der Waals surface area contributed by atoms with E-state index in [4.69, 9.17) is 5.11 Å². The van der Waals surface area contributed by atoms with Gasteiger partial charge < -0.3 is 5.11 Å². The molecule has 0 saturated heterocycles. The van der Waals surface area contributed by atoms with Gasteiger partial charge in [0, 0.05) is 17.4 Å². The summed E-state index contributed by atoms with van der Waals surface area (Å²) in [5.41, 5.74) is 2.77. The molecular weight excluding hydrogens is 408 g/mol. The van der Waals surface area contributed by atoms with E-state index in [0.717, 1.165) is 32.1 Å². The van der Waals surface area contributed by atoms with Gasteiger partial charge in [-0.25, -0.2) is 4.79 Å². The van der Waals surface area contributed by atoms with Crippen LogP contribution in [0.15, 0.2) is 23.3 Å². The van der Waals surface area contributed by atoms with E-state index in [2.05, 4.69) is 47.6 Å². The zero-order valence-electron chi connectivity index (χ0n) is 22.1. The van der Waals surface area contributed by atoms with Crippen molar-refractivity contribution in [2.45, 2.75) is 106 Å². The van der Waals surface area contributed by atoms with E-state index in [1.54, 1.807) is 12.5 Å². The summed E-state index contributed by atoms with van der Waals surface area (Å²) in [7, 11) is 0. The van der Waals surface area contributed by atoms with Gasteiger partial charge in [0.05, 0.1) is 0 Å². The Morgan fingerprint density at radius 1 is 1.12 bits per heavy atom. The Kier molecular flexibility index (Phi) is 6.07. The largest absolute Gasteiger partial charge is 0.478 e. The molecule has 4 rings (SSSR count). The first-order chi connectivity index (χ1) is 15.3. The highest BCUT2D eigenvalue weighted by molar-refractivity contribution is 5.86. The highest BCUT2D eigenvalue weighted by Crippen LogP contribution is 2.72. The number of hydrogen-bond acceptors (Lipinski definition) is 2. The summed E-state index contributed by atoms with van der Waals surface area (Å²) >= 11 is 0. The van der Waals surface area contributed by atoms with Gasteiger partial charge in [-0.15, -0.1) is 0 Å². The molecule has 7 atom stereocenters. The number of carbonyl (C=O) groups excluding carboxylic acids is 1. The summed E-state index contributed by atoms with van der Waals surface area (Å²) in [5, 5.41) is 9.15. The zero-order valence-corrected chi connectivity index (χ0v) is 22.1. The Balaban J connectivity index is 1.59. The highest BCUT2D eigenvalue weighted by Gasteiger charge is 2.65. The minimum absolute atomic E-state index is 0.174. The lowest BCUT2D eigenvalue weighted by Crippen LogP contribution is -2.56. The first-order valence-electron chi connectivity index (χ1n) is 13.4. The van der Waals surface area contributed by atoms with Crippen molar-refractivity contribution in [3.8, 4) is 0 Å². The van der Waals surface area contributed by atoms with Crippen molar-refractivity contribution < 1.29 is 14.7 Å². The number of carboxylic acid groups (broad SMARTS) is 1. The molecule has 0 aliphatic heterocycles. The van der Waals surface area contributed by atoms with Crippen molar-refractivity contribution in [2.24, 2.45) is 45.3 Å². The normalized spacial score (nSPS) is 43.2. The highest BCUT2D eigenvalue weighted by atomic mass is 16.4. The van der Waals surface area contributed by atoms with Crippen molar-refractivity contribution in [1.29, 1.82) is 0 Å². The third kappa shape index (κ3) is 3.50. The third-order valence-electron chi connectivity index (χ3n) is 11.7. The number of carboxylic acids is 1. The lowest BCUT2D eigenvalue weighted by Gasteiger charge is -2.63. The molecule has 184 valence electrons. The number of rotatable bonds is 5. The number of hydrogen-bond donors (Lipinski definition) is 1. The Morgan fingerprint density at radius 3 is 2.48 bits per heavy atom. The smallest absolute Gasteiger partial charge is 0.330 e. The second-order valence-electron chi connectivity index (χ2n) is 13.3. The van der Waals surface area contributed by atoms with Crippen LogP contribution in [0.1, 0.15) is 106 Å². The van der Waals surface area contributed by atoms with Crippen molar-refractivity contribution in [3.63, 3.8) is 0 Å². The number of fused-ring (bicyclic) bond motifs is 5.